The van der Waals surface area contributed by atoms with Gasteiger partial charge in [-0.25, -0.2) is 0 Å². The normalized spacial score (nSPS) is 21.6. The van der Waals surface area contributed by atoms with Crippen LogP contribution in [0, 0.1) is 0 Å². The third-order valence-electron chi connectivity index (χ3n) is 13.8. The zero-order valence-corrected chi connectivity index (χ0v) is 34.0. The molecule has 0 N–H and O–H groups in total. The highest BCUT2D eigenvalue weighted by molar-refractivity contribution is 7.01. The molecule has 9 rings (SSSR count). The minimum Gasteiger partial charge on any atom is -0.334 e. The van der Waals surface area contributed by atoms with E-state index in [9.17, 15) is 0 Å². The maximum absolute atomic E-state index is 2.80. The van der Waals surface area contributed by atoms with Crippen LogP contribution in [-0.4, -0.2) is 12.3 Å². The van der Waals surface area contributed by atoms with E-state index in [0.717, 1.165) is 0 Å². The average Bonchev–Trinajstić information content (AvgIpc) is 3.54. The summed E-state index contributed by atoms with van der Waals surface area (Å²) >= 11 is 0. The highest BCUT2D eigenvalue weighted by Gasteiger charge is 2.58. The minimum absolute atomic E-state index is 0.00942. The van der Waals surface area contributed by atoms with E-state index in [1.54, 1.807) is 0 Å². The Morgan fingerprint density at radius 3 is 1.85 bits per heavy atom. The van der Waals surface area contributed by atoms with E-state index >= 15 is 0 Å². The molecule has 1 fully saturated rings. The van der Waals surface area contributed by atoms with Gasteiger partial charge in [0.15, 0.2) is 0 Å². The number of hydrogen-bond donors (Lipinski definition) is 0. The van der Waals surface area contributed by atoms with E-state index in [1.165, 1.54) is 104 Å². The van der Waals surface area contributed by atoms with Crippen molar-refractivity contribution in [2.24, 2.45) is 0 Å². The number of para-hydroxylation sites is 3. The summed E-state index contributed by atoms with van der Waals surface area (Å²) in [6.07, 6.45) is 4.96. The Hall–Kier alpha value is -4.24. The first-order valence-electron chi connectivity index (χ1n) is 20.2. The van der Waals surface area contributed by atoms with Crippen molar-refractivity contribution in [3.05, 3.63) is 119 Å². The summed E-state index contributed by atoms with van der Waals surface area (Å²) in [4.78, 5) is 5.51. The second-order valence-corrected chi connectivity index (χ2v) is 20.1. The van der Waals surface area contributed by atoms with Crippen molar-refractivity contribution in [2.75, 3.05) is 9.80 Å². The number of nitrogens with zero attached hydrogens (tertiary/aromatic N) is 2. The van der Waals surface area contributed by atoms with Crippen LogP contribution in [-0.2, 0) is 21.7 Å². The lowest BCUT2D eigenvalue weighted by Gasteiger charge is -2.50. The molecule has 2 nitrogen and oxygen atoms in total. The predicted octanol–water partition coefficient (Wildman–Crippen LogP) is 11.6. The lowest BCUT2D eigenvalue weighted by molar-refractivity contribution is 0.195. The quantitative estimate of drug-likeness (QED) is 0.166. The van der Waals surface area contributed by atoms with Crippen LogP contribution < -0.4 is 26.2 Å². The fourth-order valence-corrected chi connectivity index (χ4v) is 11.1. The third-order valence-corrected chi connectivity index (χ3v) is 13.8. The topological polar surface area (TPSA) is 6.48 Å². The summed E-state index contributed by atoms with van der Waals surface area (Å²) in [5.74, 6) is 0. The van der Waals surface area contributed by atoms with Crippen LogP contribution in [0.5, 0.6) is 0 Å². The molecule has 0 aromatic heterocycles. The minimum atomic E-state index is -0.0574. The van der Waals surface area contributed by atoms with Gasteiger partial charge in [-0.1, -0.05) is 160 Å². The van der Waals surface area contributed by atoms with Gasteiger partial charge in [0.2, 0.25) is 6.71 Å². The van der Waals surface area contributed by atoms with Gasteiger partial charge >= 0.3 is 0 Å². The molecule has 1 saturated carbocycles. The van der Waals surface area contributed by atoms with Gasteiger partial charge in [-0.3, -0.25) is 0 Å². The zero-order valence-electron chi connectivity index (χ0n) is 34.0. The van der Waals surface area contributed by atoms with Gasteiger partial charge in [-0.05, 0) is 105 Å². The fourth-order valence-electron chi connectivity index (χ4n) is 11.1. The second kappa shape index (κ2) is 11.2. The Balaban J connectivity index is 1.45. The van der Waals surface area contributed by atoms with E-state index in [1.807, 2.05) is 0 Å². The standard InChI is InChI=1S/C50H57BN2/c1-46(2,3)34-20-12-14-26-40(34)52-42-31-32(53-41-27-15-13-21-35(41)49(10)28-16-17-29-50(49,53)11)30-33-43-36(47(4,5)6)22-18-24-38(43)51(44(33)42)39-25-19-23-37(45(39)52)48(7,8)9/h12-15,18-27,30-31H,16-17,28-29H2,1-11H3. The number of rotatable bonds is 2. The maximum Gasteiger partial charge on any atom is 0.248 e. The van der Waals surface area contributed by atoms with Crippen molar-refractivity contribution in [2.45, 2.75) is 129 Å². The van der Waals surface area contributed by atoms with E-state index in [4.69, 9.17) is 0 Å². The molecule has 270 valence electrons. The molecular formula is C50H57BN2. The molecule has 0 saturated heterocycles. The summed E-state index contributed by atoms with van der Waals surface area (Å²) in [7, 11) is 0. The van der Waals surface area contributed by atoms with E-state index < -0.39 is 0 Å². The fraction of sp³-hybridized carbons (Fsp3) is 0.400. The first kappa shape index (κ1) is 34.5. The molecule has 4 aliphatic rings. The Kier molecular flexibility index (Phi) is 7.27. The third kappa shape index (κ3) is 4.71. The first-order chi connectivity index (χ1) is 25.0. The van der Waals surface area contributed by atoms with Crippen LogP contribution >= 0.6 is 0 Å². The summed E-state index contributed by atoms with van der Waals surface area (Å²) < 4.78 is 0. The van der Waals surface area contributed by atoms with Gasteiger partial charge in [-0.2, -0.15) is 0 Å². The van der Waals surface area contributed by atoms with Crippen molar-refractivity contribution in [3.8, 4) is 11.1 Å². The van der Waals surface area contributed by atoms with E-state index in [-0.39, 0.29) is 33.9 Å². The second-order valence-electron chi connectivity index (χ2n) is 20.1. The van der Waals surface area contributed by atoms with Crippen molar-refractivity contribution >= 4 is 51.5 Å². The maximum atomic E-state index is 2.80. The molecule has 1 aliphatic carbocycles. The molecule has 3 heterocycles. The Labute approximate surface area is 319 Å². The lowest BCUT2D eigenvalue weighted by Crippen LogP contribution is -2.56. The monoisotopic (exact) mass is 696 g/mol. The Morgan fingerprint density at radius 2 is 1.15 bits per heavy atom. The lowest BCUT2D eigenvalue weighted by atomic mass is 9.36. The van der Waals surface area contributed by atoms with Gasteiger partial charge in [0.05, 0.1) is 5.54 Å². The summed E-state index contributed by atoms with van der Waals surface area (Å²) in [6.45, 7) is 26.7. The molecule has 5 aromatic carbocycles. The number of fused-ring (bicyclic) bond motifs is 8. The summed E-state index contributed by atoms with van der Waals surface area (Å²) in [6, 6.07) is 38.1. The summed E-state index contributed by atoms with van der Waals surface area (Å²) in [5, 5.41) is 0. The molecule has 0 amide bonds. The molecule has 5 aromatic rings. The highest BCUT2D eigenvalue weighted by atomic mass is 15.3. The molecule has 0 spiro atoms. The van der Waals surface area contributed by atoms with Gasteiger partial charge < -0.3 is 9.80 Å². The molecular weight excluding hydrogens is 639 g/mol. The molecule has 0 bridgehead atoms. The van der Waals surface area contributed by atoms with Crippen molar-refractivity contribution in [1.82, 2.24) is 0 Å². The van der Waals surface area contributed by atoms with Gasteiger partial charge in [0.1, 0.15) is 0 Å². The van der Waals surface area contributed by atoms with E-state index in [2.05, 4.69) is 183 Å². The Bertz CT molecular complexity index is 2310. The molecule has 3 heteroatoms. The Morgan fingerprint density at radius 1 is 0.566 bits per heavy atom. The first-order valence-corrected chi connectivity index (χ1v) is 20.2. The number of hydrogen-bond acceptors (Lipinski definition) is 2. The van der Waals surface area contributed by atoms with Crippen molar-refractivity contribution < 1.29 is 0 Å². The van der Waals surface area contributed by atoms with Crippen molar-refractivity contribution in [1.29, 1.82) is 0 Å². The SMILES string of the molecule is CC(C)(C)c1ccccc1N1c2cc(N3c4ccccc4C4(C)CCCCC34C)cc3c2B(c2cccc(C(C)(C)C)c2-3)c2cccc(C(C)(C)C)c21. The molecule has 0 radical (unpaired) electrons. The van der Waals surface area contributed by atoms with Crippen LogP contribution in [0.15, 0.2) is 97.1 Å². The van der Waals surface area contributed by atoms with Crippen molar-refractivity contribution in [3.63, 3.8) is 0 Å². The van der Waals surface area contributed by atoms with Crippen LogP contribution in [0.25, 0.3) is 11.1 Å². The molecule has 3 aliphatic heterocycles. The highest BCUT2D eigenvalue weighted by Crippen LogP contribution is 2.61. The predicted molar refractivity (Wildman–Crippen MR) is 230 cm³/mol. The smallest absolute Gasteiger partial charge is 0.248 e. The number of anilines is 5. The van der Waals surface area contributed by atoms with Crippen LogP contribution in [0.1, 0.15) is 124 Å². The van der Waals surface area contributed by atoms with Crippen LogP contribution in [0.2, 0.25) is 0 Å². The molecule has 2 unspecified atom stereocenters. The van der Waals surface area contributed by atoms with E-state index in [0.29, 0.717) is 0 Å². The van der Waals surface area contributed by atoms with Gasteiger partial charge in [-0.15, -0.1) is 0 Å². The summed E-state index contributed by atoms with van der Waals surface area (Å²) in [5.41, 5.74) is 19.6. The zero-order chi connectivity index (χ0) is 37.5. The molecule has 2 atom stereocenters. The average molecular weight is 697 g/mol. The molecule has 53 heavy (non-hydrogen) atoms. The largest absolute Gasteiger partial charge is 0.334 e. The van der Waals surface area contributed by atoms with Crippen LogP contribution in [0.4, 0.5) is 28.4 Å². The van der Waals surface area contributed by atoms with Gasteiger partial charge in [0.25, 0.3) is 0 Å². The van der Waals surface area contributed by atoms with Crippen LogP contribution in [0.3, 0.4) is 0 Å². The number of benzene rings is 5. The van der Waals surface area contributed by atoms with Gasteiger partial charge in [0, 0.05) is 33.9 Å².